The minimum atomic E-state index is -4.51. The molecule has 0 heterocycles. The number of rotatable bonds is 2. The number of alkyl halides is 3. The van der Waals surface area contributed by atoms with Gasteiger partial charge in [0.2, 0.25) is 0 Å². The second-order valence-electron chi connectivity index (χ2n) is 2.81. The number of methoxy groups -OCH3 is 1. The van der Waals surface area contributed by atoms with E-state index in [2.05, 4.69) is 20.7 Å². The monoisotopic (exact) mass is 316 g/mol. The van der Waals surface area contributed by atoms with Crippen LogP contribution in [-0.4, -0.2) is 12.4 Å². The van der Waals surface area contributed by atoms with Gasteiger partial charge in [-0.15, -0.1) is 0 Å². The zero-order valence-electron chi connectivity index (χ0n) is 7.86. The van der Waals surface area contributed by atoms with Crippen LogP contribution in [0.1, 0.15) is 15.9 Å². The third-order valence-corrected chi connectivity index (χ3v) is 2.61. The van der Waals surface area contributed by atoms with Crippen LogP contribution in [0.4, 0.5) is 13.2 Å². The highest BCUT2D eigenvalue weighted by atomic mass is 79.9. The highest BCUT2D eigenvalue weighted by molar-refractivity contribution is 9.10. The molecule has 0 aliphatic carbocycles. The van der Waals surface area contributed by atoms with Crippen molar-refractivity contribution in [3.8, 4) is 5.75 Å². The number of carbonyl (C=O) groups is 1. The van der Waals surface area contributed by atoms with Crippen LogP contribution < -0.4 is 4.74 Å². The van der Waals surface area contributed by atoms with E-state index in [1.54, 1.807) is 0 Å². The third kappa shape index (κ3) is 2.68. The third-order valence-electron chi connectivity index (χ3n) is 1.80. The number of ether oxygens (including phenoxy) is 1. The summed E-state index contributed by atoms with van der Waals surface area (Å²) in [6.07, 6.45) is -4.51. The molecule has 0 spiro atoms. The Morgan fingerprint density at radius 1 is 1.44 bits per heavy atom. The van der Waals surface area contributed by atoms with Crippen LogP contribution >= 0.6 is 27.5 Å². The van der Waals surface area contributed by atoms with Gasteiger partial charge in [0.25, 0.3) is 5.24 Å². The molecule has 0 saturated heterocycles. The molecular weight excluding hydrogens is 312 g/mol. The van der Waals surface area contributed by atoms with E-state index in [-0.39, 0.29) is 15.8 Å². The van der Waals surface area contributed by atoms with Gasteiger partial charge in [-0.25, -0.2) is 0 Å². The minimum absolute atomic E-state index is 0.0563. The van der Waals surface area contributed by atoms with Crippen LogP contribution in [0, 0.1) is 0 Å². The van der Waals surface area contributed by atoms with E-state index in [9.17, 15) is 18.0 Å². The van der Waals surface area contributed by atoms with Gasteiger partial charge in [-0.05, 0) is 39.7 Å². The van der Waals surface area contributed by atoms with Crippen LogP contribution in [-0.2, 0) is 6.18 Å². The fourth-order valence-corrected chi connectivity index (χ4v) is 2.03. The summed E-state index contributed by atoms with van der Waals surface area (Å²) in [4.78, 5) is 11.0. The molecule has 2 nitrogen and oxygen atoms in total. The molecule has 0 saturated carbocycles. The number of halogens is 5. The summed E-state index contributed by atoms with van der Waals surface area (Å²) in [7, 11) is 1.16. The average Bonchev–Trinajstić information content (AvgIpc) is 2.14. The minimum Gasteiger partial charge on any atom is -0.496 e. The summed E-state index contributed by atoms with van der Waals surface area (Å²) in [5.74, 6) is -0.221. The van der Waals surface area contributed by atoms with Gasteiger partial charge in [0, 0.05) is 4.47 Å². The van der Waals surface area contributed by atoms with E-state index in [4.69, 9.17) is 11.6 Å². The summed E-state index contributed by atoms with van der Waals surface area (Å²) in [5.41, 5.74) is -1.05. The summed E-state index contributed by atoms with van der Waals surface area (Å²) in [6, 6.07) is 1.50. The number of hydrogen-bond acceptors (Lipinski definition) is 2. The Labute approximate surface area is 102 Å². The second-order valence-corrected chi connectivity index (χ2v) is 4.00. The second kappa shape index (κ2) is 4.63. The summed E-state index contributed by atoms with van der Waals surface area (Å²) in [6.45, 7) is 0. The normalized spacial score (nSPS) is 11.4. The maximum absolute atomic E-state index is 12.4. The van der Waals surface area contributed by atoms with Gasteiger partial charge in [-0.2, -0.15) is 13.2 Å². The van der Waals surface area contributed by atoms with Gasteiger partial charge >= 0.3 is 6.18 Å². The van der Waals surface area contributed by atoms with Gasteiger partial charge in [0.05, 0.1) is 18.2 Å². The molecule has 0 N–H and O–H groups in total. The van der Waals surface area contributed by atoms with Gasteiger partial charge in [0.1, 0.15) is 5.75 Å². The largest absolute Gasteiger partial charge is 0.496 e. The molecule has 0 amide bonds. The van der Waals surface area contributed by atoms with Crippen molar-refractivity contribution in [1.29, 1.82) is 0 Å². The first-order chi connectivity index (χ1) is 7.27. The molecule has 7 heteroatoms. The first-order valence-electron chi connectivity index (χ1n) is 3.92. The molecule has 0 aromatic heterocycles. The first kappa shape index (κ1) is 13.3. The van der Waals surface area contributed by atoms with Crippen LogP contribution in [0.2, 0.25) is 0 Å². The van der Waals surface area contributed by atoms with Crippen molar-refractivity contribution < 1.29 is 22.7 Å². The van der Waals surface area contributed by atoms with Crippen molar-refractivity contribution in [1.82, 2.24) is 0 Å². The van der Waals surface area contributed by atoms with Crippen molar-refractivity contribution in [2.45, 2.75) is 6.18 Å². The molecule has 1 aromatic carbocycles. The molecular formula is C9H5BrClF3O2. The zero-order chi connectivity index (χ0) is 12.5. The summed E-state index contributed by atoms with van der Waals surface area (Å²) in [5, 5.41) is -0.891. The molecule has 0 atom stereocenters. The molecule has 1 rings (SSSR count). The summed E-state index contributed by atoms with van der Waals surface area (Å²) < 4.78 is 41.9. The predicted molar refractivity (Wildman–Crippen MR) is 55.9 cm³/mol. The lowest BCUT2D eigenvalue weighted by atomic mass is 10.1. The van der Waals surface area contributed by atoms with Crippen LogP contribution in [0.5, 0.6) is 5.75 Å². The molecule has 0 radical (unpaired) electrons. The standard InChI is InChI=1S/C9H5BrClF3O2/c1-16-6-3-4(9(12,13)14)2-5(10)7(6)8(11)15/h2-3H,1H3. The van der Waals surface area contributed by atoms with E-state index >= 15 is 0 Å². The Bertz CT molecular complexity index is 431. The van der Waals surface area contributed by atoms with E-state index in [1.807, 2.05) is 0 Å². The van der Waals surface area contributed by atoms with E-state index in [0.29, 0.717) is 0 Å². The summed E-state index contributed by atoms with van der Waals surface area (Å²) >= 11 is 8.08. The van der Waals surface area contributed by atoms with Gasteiger partial charge in [-0.3, -0.25) is 4.79 Å². The molecule has 0 aliphatic rings. The lowest BCUT2D eigenvalue weighted by Gasteiger charge is -2.12. The smallest absolute Gasteiger partial charge is 0.416 e. The number of carbonyl (C=O) groups excluding carboxylic acids is 1. The van der Waals surface area contributed by atoms with Crippen LogP contribution in [0.15, 0.2) is 16.6 Å². The Morgan fingerprint density at radius 2 is 2.00 bits per heavy atom. The highest BCUT2D eigenvalue weighted by Gasteiger charge is 2.33. The van der Waals surface area contributed by atoms with Crippen LogP contribution in [0.25, 0.3) is 0 Å². The maximum Gasteiger partial charge on any atom is 0.416 e. The first-order valence-corrected chi connectivity index (χ1v) is 5.09. The zero-order valence-corrected chi connectivity index (χ0v) is 10.2. The Hall–Kier alpha value is -0.750. The van der Waals surface area contributed by atoms with Crippen molar-refractivity contribution in [2.24, 2.45) is 0 Å². The number of hydrogen-bond donors (Lipinski definition) is 0. The van der Waals surface area contributed by atoms with Crippen molar-refractivity contribution in [3.05, 3.63) is 27.7 Å². The van der Waals surface area contributed by atoms with Crippen molar-refractivity contribution in [3.63, 3.8) is 0 Å². The quantitative estimate of drug-likeness (QED) is 0.774. The van der Waals surface area contributed by atoms with Gasteiger partial charge in [0.15, 0.2) is 0 Å². The Kier molecular flexibility index (Phi) is 3.85. The van der Waals surface area contributed by atoms with Gasteiger partial charge in [-0.1, -0.05) is 0 Å². The molecule has 0 unspecified atom stereocenters. The van der Waals surface area contributed by atoms with Crippen molar-refractivity contribution >= 4 is 32.8 Å². The van der Waals surface area contributed by atoms with Gasteiger partial charge < -0.3 is 4.74 Å². The van der Waals surface area contributed by atoms with E-state index < -0.39 is 17.0 Å². The Balaban J connectivity index is 3.44. The SMILES string of the molecule is COc1cc(C(F)(F)F)cc(Br)c1C(=O)Cl. The predicted octanol–water partition coefficient (Wildman–Crippen LogP) is 3.86. The average molecular weight is 317 g/mol. The molecule has 0 bridgehead atoms. The maximum atomic E-state index is 12.4. The van der Waals surface area contributed by atoms with E-state index in [1.165, 1.54) is 0 Å². The lowest BCUT2D eigenvalue weighted by molar-refractivity contribution is -0.137. The Morgan fingerprint density at radius 3 is 2.38 bits per heavy atom. The molecule has 88 valence electrons. The molecule has 0 aliphatic heterocycles. The molecule has 1 aromatic rings. The molecule has 0 fully saturated rings. The number of benzene rings is 1. The van der Waals surface area contributed by atoms with Crippen molar-refractivity contribution in [2.75, 3.05) is 7.11 Å². The highest BCUT2D eigenvalue weighted by Crippen LogP contribution is 2.37. The fraction of sp³-hybridized carbons (Fsp3) is 0.222. The fourth-order valence-electron chi connectivity index (χ4n) is 1.10. The lowest BCUT2D eigenvalue weighted by Crippen LogP contribution is -2.07. The topological polar surface area (TPSA) is 26.3 Å². The van der Waals surface area contributed by atoms with E-state index in [0.717, 1.165) is 19.2 Å². The molecule has 16 heavy (non-hydrogen) atoms. The van der Waals surface area contributed by atoms with Crippen LogP contribution in [0.3, 0.4) is 0 Å².